The lowest BCUT2D eigenvalue weighted by atomic mass is 10.2. The third kappa shape index (κ3) is 2.43. The van der Waals surface area contributed by atoms with E-state index in [9.17, 15) is 9.59 Å². The molecule has 2 heterocycles. The number of fused-ring (bicyclic) bond motifs is 3. The molecule has 1 N–H and O–H groups in total. The Balaban J connectivity index is 2.11. The average molecular weight is 315 g/mol. The number of amides is 1. The van der Waals surface area contributed by atoms with Gasteiger partial charge in [-0.1, -0.05) is 23.9 Å². The molecule has 2 aromatic heterocycles. The van der Waals surface area contributed by atoms with Gasteiger partial charge in [-0.3, -0.25) is 9.59 Å². The predicted octanol–water partition coefficient (Wildman–Crippen LogP) is 2.17. The number of rotatable bonds is 4. The van der Waals surface area contributed by atoms with Gasteiger partial charge in [0.2, 0.25) is 5.91 Å². The molecule has 0 radical (unpaired) electrons. The van der Waals surface area contributed by atoms with Crippen LogP contribution in [0.2, 0.25) is 0 Å². The summed E-state index contributed by atoms with van der Waals surface area (Å²) >= 11 is 1.07. The van der Waals surface area contributed by atoms with Gasteiger partial charge in [0, 0.05) is 12.4 Å². The van der Waals surface area contributed by atoms with E-state index < -0.39 is 5.25 Å². The second-order valence-electron chi connectivity index (χ2n) is 4.68. The third-order valence-corrected chi connectivity index (χ3v) is 4.50. The summed E-state index contributed by atoms with van der Waals surface area (Å²) in [5.41, 5.74) is 1.86. The molecule has 1 aromatic carbocycles. The first-order valence-corrected chi connectivity index (χ1v) is 7.50. The molecule has 3 rings (SSSR count). The average Bonchev–Trinajstić information content (AvgIpc) is 2.91. The van der Waals surface area contributed by atoms with Crippen molar-refractivity contribution in [2.45, 2.75) is 17.2 Å². The minimum absolute atomic E-state index is 0.243. The number of benzene rings is 1. The predicted molar refractivity (Wildman–Crippen MR) is 83.7 cm³/mol. The van der Waals surface area contributed by atoms with Gasteiger partial charge >= 0.3 is 0 Å². The first-order valence-electron chi connectivity index (χ1n) is 6.62. The van der Waals surface area contributed by atoms with Crippen molar-refractivity contribution in [3.8, 4) is 0 Å². The summed E-state index contributed by atoms with van der Waals surface area (Å²) in [6.45, 7) is 1.38. The standard InChI is InChI=1S/C15H13N3O3S/c1-8(19)13(14(20)16-2)22-15-12-11(17-7-18-15)9-5-3-4-6-10(9)21-12/h3-7,13H,1-2H3,(H,16,20)/t13-/m1/s1. The maximum Gasteiger partial charge on any atom is 0.240 e. The normalized spacial score (nSPS) is 12.5. The van der Waals surface area contributed by atoms with Gasteiger partial charge in [-0.2, -0.15) is 0 Å². The van der Waals surface area contributed by atoms with E-state index in [4.69, 9.17) is 4.42 Å². The van der Waals surface area contributed by atoms with Crippen molar-refractivity contribution < 1.29 is 14.0 Å². The van der Waals surface area contributed by atoms with Crippen LogP contribution in [0.1, 0.15) is 6.92 Å². The SMILES string of the molecule is CNC(=O)[C@H](Sc1ncnc2c1oc1ccccc12)C(C)=O. The summed E-state index contributed by atoms with van der Waals surface area (Å²) in [4.78, 5) is 32.0. The van der Waals surface area contributed by atoms with Gasteiger partial charge < -0.3 is 9.73 Å². The topological polar surface area (TPSA) is 85.1 Å². The van der Waals surface area contributed by atoms with E-state index in [2.05, 4.69) is 15.3 Å². The number of para-hydroxylation sites is 1. The first kappa shape index (κ1) is 14.5. The highest BCUT2D eigenvalue weighted by molar-refractivity contribution is 8.01. The molecule has 0 aliphatic rings. The van der Waals surface area contributed by atoms with Crippen molar-refractivity contribution in [1.29, 1.82) is 0 Å². The van der Waals surface area contributed by atoms with Crippen molar-refractivity contribution in [2.24, 2.45) is 0 Å². The van der Waals surface area contributed by atoms with Crippen LogP contribution in [0, 0.1) is 0 Å². The molecule has 0 unspecified atom stereocenters. The number of furan rings is 1. The third-order valence-electron chi connectivity index (χ3n) is 3.21. The second-order valence-corrected chi connectivity index (χ2v) is 5.77. The lowest BCUT2D eigenvalue weighted by Crippen LogP contribution is -2.34. The molecule has 112 valence electrons. The van der Waals surface area contributed by atoms with Crippen molar-refractivity contribution in [1.82, 2.24) is 15.3 Å². The minimum atomic E-state index is -0.865. The number of carbonyl (C=O) groups excluding carboxylic acids is 2. The van der Waals surface area contributed by atoms with Crippen molar-refractivity contribution in [2.75, 3.05) is 7.05 Å². The molecule has 0 saturated heterocycles. The monoisotopic (exact) mass is 315 g/mol. The van der Waals surface area contributed by atoms with Crippen LogP contribution in [0.25, 0.3) is 22.1 Å². The van der Waals surface area contributed by atoms with Crippen molar-refractivity contribution in [3.63, 3.8) is 0 Å². The van der Waals surface area contributed by atoms with Crippen LogP contribution in [0.15, 0.2) is 40.0 Å². The number of hydrogen-bond donors (Lipinski definition) is 1. The van der Waals surface area contributed by atoms with Gasteiger partial charge in [0.25, 0.3) is 0 Å². The van der Waals surface area contributed by atoms with E-state index in [0.717, 1.165) is 17.1 Å². The van der Waals surface area contributed by atoms with E-state index in [0.29, 0.717) is 21.7 Å². The Morgan fingerprint density at radius 3 is 2.77 bits per heavy atom. The fourth-order valence-electron chi connectivity index (χ4n) is 2.15. The molecule has 6 nitrogen and oxygen atoms in total. The van der Waals surface area contributed by atoms with E-state index in [1.54, 1.807) is 0 Å². The summed E-state index contributed by atoms with van der Waals surface area (Å²) in [5.74, 6) is -0.604. The summed E-state index contributed by atoms with van der Waals surface area (Å²) < 4.78 is 5.79. The van der Waals surface area contributed by atoms with Crippen LogP contribution >= 0.6 is 11.8 Å². The van der Waals surface area contributed by atoms with Crippen LogP contribution in [-0.2, 0) is 9.59 Å². The summed E-state index contributed by atoms with van der Waals surface area (Å²) in [5, 5.41) is 2.97. The molecule has 22 heavy (non-hydrogen) atoms. The van der Waals surface area contributed by atoms with Gasteiger partial charge in [-0.15, -0.1) is 0 Å². The van der Waals surface area contributed by atoms with Crippen LogP contribution in [-0.4, -0.2) is 34.0 Å². The molecule has 0 saturated carbocycles. The number of carbonyl (C=O) groups is 2. The number of Topliss-reactive ketones (excluding diaryl/α,β-unsaturated/α-hetero) is 1. The van der Waals surface area contributed by atoms with E-state index in [1.165, 1.54) is 20.3 Å². The highest BCUT2D eigenvalue weighted by atomic mass is 32.2. The van der Waals surface area contributed by atoms with Crippen LogP contribution < -0.4 is 5.32 Å². The fraction of sp³-hybridized carbons (Fsp3) is 0.200. The molecule has 0 bridgehead atoms. The van der Waals surface area contributed by atoms with Gasteiger partial charge in [0.1, 0.15) is 27.7 Å². The number of hydrogen-bond acceptors (Lipinski definition) is 6. The highest BCUT2D eigenvalue weighted by Crippen LogP contribution is 2.34. The largest absolute Gasteiger partial charge is 0.451 e. The molecule has 1 amide bonds. The molecule has 0 spiro atoms. The molecule has 3 aromatic rings. The van der Waals surface area contributed by atoms with Gasteiger partial charge in [0.15, 0.2) is 11.4 Å². The first-order chi connectivity index (χ1) is 10.6. The Kier molecular flexibility index (Phi) is 3.81. The molecule has 0 aliphatic carbocycles. The lowest BCUT2D eigenvalue weighted by molar-refractivity contribution is -0.126. The molecule has 0 aliphatic heterocycles. The maximum absolute atomic E-state index is 11.8. The van der Waals surface area contributed by atoms with Crippen LogP contribution in [0.3, 0.4) is 0 Å². The molecule has 0 fully saturated rings. The Morgan fingerprint density at radius 2 is 2.05 bits per heavy atom. The molecule has 1 atom stereocenters. The molecule has 7 heteroatoms. The zero-order valence-corrected chi connectivity index (χ0v) is 12.8. The maximum atomic E-state index is 11.8. The molecular formula is C15H13N3O3S. The van der Waals surface area contributed by atoms with Crippen LogP contribution in [0.5, 0.6) is 0 Å². The van der Waals surface area contributed by atoms with E-state index >= 15 is 0 Å². The van der Waals surface area contributed by atoms with Gasteiger partial charge in [-0.25, -0.2) is 9.97 Å². The quantitative estimate of drug-likeness (QED) is 0.451. The zero-order valence-electron chi connectivity index (χ0n) is 12.0. The Bertz CT molecular complexity index is 875. The summed E-state index contributed by atoms with van der Waals surface area (Å²) in [6.07, 6.45) is 1.41. The number of thioether (sulfide) groups is 1. The highest BCUT2D eigenvalue weighted by Gasteiger charge is 2.26. The number of aromatic nitrogens is 2. The zero-order chi connectivity index (χ0) is 15.7. The van der Waals surface area contributed by atoms with Crippen molar-refractivity contribution in [3.05, 3.63) is 30.6 Å². The Hall–Kier alpha value is -2.41. The summed E-state index contributed by atoms with van der Waals surface area (Å²) in [6, 6.07) is 7.51. The van der Waals surface area contributed by atoms with Crippen LogP contribution in [0.4, 0.5) is 0 Å². The van der Waals surface area contributed by atoms with Gasteiger partial charge in [-0.05, 0) is 19.1 Å². The fourth-order valence-corrected chi connectivity index (χ4v) is 3.12. The second kappa shape index (κ2) is 5.76. The number of ketones is 1. The Labute approximate surface area is 130 Å². The lowest BCUT2D eigenvalue weighted by Gasteiger charge is -2.10. The Morgan fingerprint density at radius 1 is 1.27 bits per heavy atom. The van der Waals surface area contributed by atoms with E-state index in [1.807, 2.05) is 24.3 Å². The van der Waals surface area contributed by atoms with E-state index in [-0.39, 0.29) is 11.7 Å². The summed E-state index contributed by atoms with van der Waals surface area (Å²) in [7, 11) is 1.50. The number of nitrogens with one attached hydrogen (secondary N) is 1. The molecular weight excluding hydrogens is 302 g/mol. The number of nitrogens with zero attached hydrogens (tertiary/aromatic N) is 2. The minimum Gasteiger partial charge on any atom is -0.451 e. The van der Waals surface area contributed by atoms with Crippen molar-refractivity contribution >= 4 is 45.5 Å². The van der Waals surface area contributed by atoms with Gasteiger partial charge in [0.05, 0.1) is 0 Å². The smallest absolute Gasteiger partial charge is 0.240 e.